The molecule has 0 radical (unpaired) electrons. The minimum absolute atomic E-state index is 0.0591. The summed E-state index contributed by atoms with van der Waals surface area (Å²) in [5.41, 5.74) is 0.0105. The van der Waals surface area contributed by atoms with Crippen LogP contribution in [0.15, 0.2) is 23.8 Å². The molecule has 0 saturated carbocycles. The van der Waals surface area contributed by atoms with E-state index in [4.69, 9.17) is 0 Å². The molecule has 1 aromatic heterocycles. The summed E-state index contributed by atoms with van der Waals surface area (Å²) < 4.78 is 39.5. The fraction of sp³-hybridized carbons (Fsp3) is 0.421. The lowest BCUT2D eigenvalue weighted by molar-refractivity contribution is -0.137. The summed E-state index contributed by atoms with van der Waals surface area (Å²) in [7, 11) is 0. The van der Waals surface area contributed by atoms with Gasteiger partial charge in [-0.25, -0.2) is 0 Å². The number of imide groups is 1. The number of aryl methyl sites for hydroxylation is 1. The van der Waals surface area contributed by atoms with Crippen molar-refractivity contribution in [2.24, 2.45) is 0 Å². The normalized spacial score (nSPS) is 17.2. The lowest BCUT2D eigenvalue weighted by Gasteiger charge is -2.13. The molecule has 1 aliphatic rings. The number of carbonyl (C=O) groups is 2. The Balaban J connectivity index is 1.85. The van der Waals surface area contributed by atoms with Crippen LogP contribution in [0.5, 0.6) is 0 Å². The second-order valence-electron chi connectivity index (χ2n) is 7.07. The van der Waals surface area contributed by atoms with Gasteiger partial charge >= 0.3 is 6.18 Å². The minimum atomic E-state index is -4.52. The zero-order valence-corrected chi connectivity index (χ0v) is 16.5. The van der Waals surface area contributed by atoms with Crippen LogP contribution in [0.25, 0.3) is 6.08 Å². The number of rotatable bonds is 5. The number of benzene rings is 1. The molecule has 11 heteroatoms. The highest BCUT2D eigenvalue weighted by Crippen LogP contribution is 2.31. The van der Waals surface area contributed by atoms with Crippen molar-refractivity contribution in [3.05, 3.63) is 46.3 Å². The van der Waals surface area contributed by atoms with Crippen molar-refractivity contribution < 1.29 is 22.8 Å². The molecule has 1 fully saturated rings. The van der Waals surface area contributed by atoms with Gasteiger partial charge in [-0.2, -0.15) is 18.0 Å². The van der Waals surface area contributed by atoms with Gasteiger partial charge in [-0.1, -0.05) is 6.07 Å². The van der Waals surface area contributed by atoms with Crippen LogP contribution in [0.1, 0.15) is 42.3 Å². The number of hydrogen-bond acceptors (Lipinski definition) is 6. The first kappa shape index (κ1) is 21.6. The predicted octanol–water partition coefficient (Wildman–Crippen LogP) is 1.85. The molecule has 0 spiro atoms. The standard InChI is InChI=1S/C19H21F3N6O2/c1-11(17(29)24-18(30)16-4-3-7-23-16)8-13-5-6-15(19(20,21)22)9-14(13)10-28-26-12(2)25-27-28/h5-6,8-9,16,23H,3-4,7,10H2,1-2H3,(H,24,29,30)/b11-8+/t16-/m0/s1. The SMILES string of the molecule is C/C(=C\c1ccc(C(F)(F)F)cc1Cn1nnc(C)n1)C(=O)NC(=O)[C@@H]1CCCN1. The van der Waals surface area contributed by atoms with E-state index in [0.717, 1.165) is 18.6 Å². The van der Waals surface area contributed by atoms with Crippen molar-refractivity contribution in [1.29, 1.82) is 0 Å². The monoisotopic (exact) mass is 422 g/mol. The van der Waals surface area contributed by atoms with Crippen LogP contribution in [0.2, 0.25) is 0 Å². The van der Waals surface area contributed by atoms with Crippen LogP contribution in [-0.2, 0) is 22.3 Å². The molecule has 3 rings (SSSR count). The van der Waals surface area contributed by atoms with Gasteiger partial charge in [-0.3, -0.25) is 14.9 Å². The van der Waals surface area contributed by atoms with Crippen LogP contribution in [-0.4, -0.2) is 44.6 Å². The van der Waals surface area contributed by atoms with Crippen molar-refractivity contribution >= 4 is 17.9 Å². The topological polar surface area (TPSA) is 102 Å². The van der Waals surface area contributed by atoms with Gasteiger partial charge < -0.3 is 5.32 Å². The van der Waals surface area contributed by atoms with Gasteiger partial charge in [0.2, 0.25) is 5.91 Å². The zero-order chi connectivity index (χ0) is 21.9. The van der Waals surface area contributed by atoms with Crippen LogP contribution in [0.3, 0.4) is 0 Å². The van der Waals surface area contributed by atoms with E-state index in [0.29, 0.717) is 24.4 Å². The minimum Gasteiger partial charge on any atom is -0.306 e. The molecule has 160 valence electrons. The molecular formula is C19H21F3N6O2. The number of nitrogens with zero attached hydrogens (tertiary/aromatic N) is 4. The molecule has 2 heterocycles. The molecule has 2 aromatic rings. The molecule has 8 nitrogen and oxygen atoms in total. The number of carbonyl (C=O) groups excluding carboxylic acids is 2. The Morgan fingerprint density at radius 3 is 2.73 bits per heavy atom. The third-order valence-electron chi connectivity index (χ3n) is 4.68. The molecule has 1 aliphatic heterocycles. The smallest absolute Gasteiger partial charge is 0.306 e. The zero-order valence-electron chi connectivity index (χ0n) is 16.5. The third kappa shape index (κ3) is 5.29. The first-order chi connectivity index (χ1) is 14.1. The van der Waals surface area contributed by atoms with Crippen LogP contribution in [0, 0.1) is 6.92 Å². The maximum absolute atomic E-state index is 13.2. The van der Waals surface area contributed by atoms with E-state index >= 15 is 0 Å². The molecule has 2 amide bonds. The van der Waals surface area contributed by atoms with Crippen molar-refractivity contribution in [2.75, 3.05) is 6.54 Å². The molecular weight excluding hydrogens is 401 g/mol. The number of tetrazole rings is 1. The number of amides is 2. The summed E-state index contributed by atoms with van der Waals surface area (Å²) in [5.74, 6) is -0.636. The number of hydrogen-bond donors (Lipinski definition) is 2. The number of aromatic nitrogens is 4. The van der Waals surface area contributed by atoms with Gasteiger partial charge in [0.25, 0.3) is 5.91 Å². The Bertz CT molecular complexity index is 977. The van der Waals surface area contributed by atoms with E-state index in [2.05, 4.69) is 26.0 Å². The molecule has 0 bridgehead atoms. The second kappa shape index (κ2) is 8.74. The summed E-state index contributed by atoms with van der Waals surface area (Å²) in [6.07, 6.45) is -1.58. The highest BCUT2D eigenvalue weighted by molar-refractivity contribution is 6.07. The van der Waals surface area contributed by atoms with E-state index in [1.54, 1.807) is 6.92 Å². The van der Waals surface area contributed by atoms with Crippen molar-refractivity contribution in [2.45, 2.75) is 45.5 Å². The maximum Gasteiger partial charge on any atom is 0.416 e. The van der Waals surface area contributed by atoms with Crippen molar-refractivity contribution in [3.8, 4) is 0 Å². The molecule has 0 unspecified atom stereocenters. The van der Waals surface area contributed by atoms with Crippen LogP contribution >= 0.6 is 0 Å². The lowest BCUT2D eigenvalue weighted by atomic mass is 10.0. The van der Waals surface area contributed by atoms with Gasteiger partial charge in [-0.15, -0.1) is 10.2 Å². The quantitative estimate of drug-likeness (QED) is 0.713. The van der Waals surface area contributed by atoms with Gasteiger partial charge in [0, 0.05) is 5.57 Å². The second-order valence-corrected chi connectivity index (χ2v) is 7.07. The Hall–Kier alpha value is -3.08. The molecule has 1 saturated heterocycles. The summed E-state index contributed by atoms with van der Waals surface area (Å²) in [4.78, 5) is 25.6. The fourth-order valence-corrected chi connectivity index (χ4v) is 3.11. The summed E-state index contributed by atoms with van der Waals surface area (Å²) in [6, 6.07) is 2.79. The first-order valence-electron chi connectivity index (χ1n) is 9.35. The van der Waals surface area contributed by atoms with Gasteiger partial charge in [0.05, 0.1) is 18.2 Å². The van der Waals surface area contributed by atoms with E-state index in [1.165, 1.54) is 23.9 Å². The van der Waals surface area contributed by atoms with Crippen LogP contribution < -0.4 is 10.6 Å². The summed E-state index contributed by atoms with van der Waals surface area (Å²) >= 11 is 0. The lowest BCUT2D eigenvalue weighted by Crippen LogP contribution is -2.43. The van der Waals surface area contributed by atoms with Gasteiger partial charge in [0.1, 0.15) is 0 Å². The third-order valence-corrected chi connectivity index (χ3v) is 4.68. The van der Waals surface area contributed by atoms with Crippen molar-refractivity contribution in [3.63, 3.8) is 0 Å². The number of halogens is 3. The average molecular weight is 422 g/mol. The van der Waals surface area contributed by atoms with E-state index in [9.17, 15) is 22.8 Å². The molecule has 0 aliphatic carbocycles. The van der Waals surface area contributed by atoms with Crippen LogP contribution in [0.4, 0.5) is 13.2 Å². The molecule has 30 heavy (non-hydrogen) atoms. The number of nitrogens with one attached hydrogen (secondary N) is 2. The van der Waals surface area contributed by atoms with Gasteiger partial charge in [0.15, 0.2) is 5.82 Å². The summed E-state index contributed by atoms with van der Waals surface area (Å²) in [5, 5.41) is 16.8. The van der Waals surface area contributed by atoms with Crippen molar-refractivity contribution in [1.82, 2.24) is 30.8 Å². The van der Waals surface area contributed by atoms with E-state index in [-0.39, 0.29) is 17.7 Å². The Morgan fingerprint density at radius 2 is 2.13 bits per heavy atom. The summed E-state index contributed by atoms with van der Waals surface area (Å²) in [6.45, 7) is 3.76. The predicted molar refractivity (Wildman–Crippen MR) is 101 cm³/mol. The highest BCUT2D eigenvalue weighted by Gasteiger charge is 2.31. The Kier molecular flexibility index (Phi) is 6.30. The number of alkyl halides is 3. The average Bonchev–Trinajstić information content (AvgIpc) is 3.34. The van der Waals surface area contributed by atoms with E-state index < -0.39 is 29.6 Å². The molecule has 1 atom stereocenters. The Labute approximate surface area is 170 Å². The molecule has 2 N–H and O–H groups in total. The fourth-order valence-electron chi connectivity index (χ4n) is 3.11. The first-order valence-corrected chi connectivity index (χ1v) is 9.35. The van der Waals surface area contributed by atoms with Gasteiger partial charge in [-0.05, 0) is 67.8 Å². The Morgan fingerprint density at radius 1 is 1.37 bits per heavy atom. The largest absolute Gasteiger partial charge is 0.416 e. The molecule has 1 aromatic carbocycles. The van der Waals surface area contributed by atoms with E-state index in [1.807, 2.05) is 0 Å². The highest BCUT2D eigenvalue weighted by atomic mass is 19.4. The maximum atomic E-state index is 13.2.